The van der Waals surface area contributed by atoms with Gasteiger partial charge in [-0.2, -0.15) is 0 Å². The van der Waals surface area contributed by atoms with E-state index in [2.05, 4.69) is 42.3 Å². The number of aromatic nitrogens is 2. The molecule has 0 bridgehead atoms. The first-order valence-corrected chi connectivity index (χ1v) is 17.9. The Morgan fingerprint density at radius 2 is 0.816 bits per heavy atom. The van der Waals surface area contributed by atoms with E-state index in [4.69, 9.17) is 0 Å². The van der Waals surface area contributed by atoms with E-state index >= 15 is 0 Å². The molecule has 0 fully saturated rings. The zero-order valence-electron chi connectivity index (χ0n) is 26.8. The first-order valence-electron chi connectivity index (χ1n) is 17.9. The van der Waals surface area contributed by atoms with Crippen molar-refractivity contribution >= 4 is 0 Å². The summed E-state index contributed by atoms with van der Waals surface area (Å²) in [6.07, 6.45) is 44.4. The summed E-state index contributed by atoms with van der Waals surface area (Å²) in [6, 6.07) is 0. The molecule has 0 aliphatic heterocycles. The standard InChI is InChI=1S/C36H71N2/c1-4-7-10-13-15-17-19-20-22-24-27-30-33-38-35-34-37(32-29-26-12-9-6-3)36(38)31-28-25-23-21-18-16-14-11-8-5-2/h34-35H,4-33H2,1-3H3/q+1. The number of unbranched alkanes of at least 4 members (excludes halogenated alkanes) is 24. The largest absolute Gasteiger partial charge is 0.256 e. The van der Waals surface area contributed by atoms with Crippen LogP contribution in [-0.4, -0.2) is 4.57 Å². The van der Waals surface area contributed by atoms with E-state index in [1.807, 2.05) is 0 Å². The molecule has 2 heteroatoms. The third-order valence-corrected chi connectivity index (χ3v) is 8.60. The van der Waals surface area contributed by atoms with Crippen molar-refractivity contribution in [2.24, 2.45) is 0 Å². The molecule has 38 heavy (non-hydrogen) atoms. The zero-order chi connectivity index (χ0) is 27.4. The lowest BCUT2D eigenvalue weighted by Gasteiger charge is -2.07. The van der Waals surface area contributed by atoms with Crippen molar-refractivity contribution < 1.29 is 4.57 Å². The van der Waals surface area contributed by atoms with Gasteiger partial charge in [0.2, 0.25) is 0 Å². The normalized spacial score (nSPS) is 11.6. The molecule has 0 spiro atoms. The molecule has 0 atom stereocenters. The molecule has 1 heterocycles. The highest BCUT2D eigenvalue weighted by atomic mass is 15.1. The molecule has 0 unspecified atom stereocenters. The monoisotopic (exact) mass is 532 g/mol. The smallest absolute Gasteiger partial charge is 0.234 e. The van der Waals surface area contributed by atoms with Gasteiger partial charge >= 0.3 is 0 Å². The fourth-order valence-corrected chi connectivity index (χ4v) is 5.97. The molecule has 1 aromatic rings. The number of rotatable bonds is 30. The van der Waals surface area contributed by atoms with E-state index < -0.39 is 0 Å². The molecule has 0 N–H and O–H groups in total. The van der Waals surface area contributed by atoms with E-state index in [-0.39, 0.29) is 0 Å². The fourth-order valence-electron chi connectivity index (χ4n) is 5.97. The first kappa shape index (κ1) is 35.2. The van der Waals surface area contributed by atoms with Crippen molar-refractivity contribution in [1.29, 1.82) is 0 Å². The predicted molar refractivity (Wildman–Crippen MR) is 170 cm³/mol. The summed E-state index contributed by atoms with van der Waals surface area (Å²) in [5.41, 5.74) is 0. The lowest BCUT2D eigenvalue weighted by molar-refractivity contribution is -0.704. The van der Waals surface area contributed by atoms with Crippen LogP contribution in [0.3, 0.4) is 0 Å². The fraction of sp³-hybridized carbons (Fsp3) is 0.917. The van der Waals surface area contributed by atoms with Gasteiger partial charge in [-0.15, -0.1) is 0 Å². The van der Waals surface area contributed by atoms with Crippen LogP contribution in [0.5, 0.6) is 0 Å². The molecule has 0 aromatic carbocycles. The maximum absolute atomic E-state index is 2.62. The third kappa shape index (κ3) is 20.2. The summed E-state index contributed by atoms with van der Waals surface area (Å²) < 4.78 is 5.23. The molecule has 1 aromatic heterocycles. The van der Waals surface area contributed by atoms with E-state index in [1.165, 1.54) is 193 Å². The summed E-state index contributed by atoms with van der Waals surface area (Å²) in [6.45, 7) is 9.39. The average Bonchev–Trinajstić information content (AvgIpc) is 3.31. The Morgan fingerprint density at radius 3 is 1.26 bits per heavy atom. The maximum Gasteiger partial charge on any atom is 0.256 e. The molecule has 0 amide bonds. The van der Waals surface area contributed by atoms with Crippen LogP contribution in [-0.2, 0) is 19.5 Å². The minimum Gasteiger partial charge on any atom is -0.234 e. The first-order chi connectivity index (χ1) is 18.8. The second kappa shape index (κ2) is 27.8. The van der Waals surface area contributed by atoms with Gasteiger partial charge in [0.1, 0.15) is 12.4 Å². The van der Waals surface area contributed by atoms with Gasteiger partial charge < -0.3 is 0 Å². The molecular formula is C36H71N2+. The average molecular weight is 532 g/mol. The highest BCUT2D eigenvalue weighted by molar-refractivity contribution is 4.84. The van der Waals surface area contributed by atoms with Gasteiger partial charge in [-0.25, -0.2) is 9.13 Å². The van der Waals surface area contributed by atoms with Crippen molar-refractivity contribution in [1.82, 2.24) is 4.57 Å². The topological polar surface area (TPSA) is 8.81 Å². The Hall–Kier alpha value is -0.790. The van der Waals surface area contributed by atoms with Crippen LogP contribution >= 0.6 is 0 Å². The summed E-state index contributed by atoms with van der Waals surface area (Å²) >= 11 is 0. The van der Waals surface area contributed by atoms with Crippen molar-refractivity contribution in [2.45, 2.75) is 214 Å². The lowest BCUT2D eigenvalue weighted by Crippen LogP contribution is -2.37. The third-order valence-electron chi connectivity index (χ3n) is 8.60. The minimum atomic E-state index is 1.22. The van der Waals surface area contributed by atoms with Crippen molar-refractivity contribution in [3.05, 3.63) is 18.2 Å². The second-order valence-corrected chi connectivity index (χ2v) is 12.3. The number of hydrogen-bond acceptors (Lipinski definition) is 0. The van der Waals surface area contributed by atoms with Crippen LogP contribution < -0.4 is 4.57 Å². The Kier molecular flexibility index (Phi) is 25.7. The van der Waals surface area contributed by atoms with E-state index in [1.54, 1.807) is 5.82 Å². The Bertz CT molecular complexity index is 590. The van der Waals surface area contributed by atoms with Crippen molar-refractivity contribution in [3.8, 4) is 0 Å². The van der Waals surface area contributed by atoms with Gasteiger partial charge in [0.15, 0.2) is 0 Å². The quantitative estimate of drug-likeness (QED) is 0.0689. The van der Waals surface area contributed by atoms with Crippen LogP contribution in [0.2, 0.25) is 0 Å². The number of hydrogen-bond donors (Lipinski definition) is 0. The van der Waals surface area contributed by atoms with Crippen LogP contribution in [0, 0.1) is 0 Å². The Balaban J connectivity index is 2.27. The maximum atomic E-state index is 2.62. The summed E-state index contributed by atoms with van der Waals surface area (Å²) in [4.78, 5) is 0. The van der Waals surface area contributed by atoms with Gasteiger partial charge in [-0.05, 0) is 32.1 Å². The number of nitrogens with zero attached hydrogens (tertiary/aromatic N) is 2. The molecule has 1 rings (SSSR count). The molecule has 0 saturated carbocycles. The van der Waals surface area contributed by atoms with Gasteiger partial charge in [0.05, 0.1) is 13.1 Å². The molecule has 224 valence electrons. The minimum absolute atomic E-state index is 1.22. The summed E-state index contributed by atoms with van der Waals surface area (Å²) in [5.74, 6) is 1.61. The van der Waals surface area contributed by atoms with Crippen LogP contribution in [0.4, 0.5) is 0 Å². The number of imidazole rings is 1. The Labute approximate surface area is 240 Å². The zero-order valence-corrected chi connectivity index (χ0v) is 26.8. The van der Waals surface area contributed by atoms with Crippen LogP contribution in [0.1, 0.15) is 200 Å². The second-order valence-electron chi connectivity index (χ2n) is 12.3. The van der Waals surface area contributed by atoms with Crippen LogP contribution in [0.25, 0.3) is 0 Å². The van der Waals surface area contributed by atoms with Gasteiger partial charge in [0.25, 0.3) is 5.82 Å². The van der Waals surface area contributed by atoms with E-state index in [9.17, 15) is 0 Å². The molecule has 0 aliphatic carbocycles. The predicted octanol–water partition coefficient (Wildman–Crippen LogP) is 11.9. The molecule has 2 nitrogen and oxygen atoms in total. The highest BCUT2D eigenvalue weighted by Gasteiger charge is 2.16. The van der Waals surface area contributed by atoms with E-state index in [0.717, 1.165) is 0 Å². The van der Waals surface area contributed by atoms with Gasteiger partial charge in [-0.3, -0.25) is 0 Å². The molecule has 0 saturated heterocycles. The molecule has 0 radical (unpaired) electrons. The summed E-state index contributed by atoms with van der Waals surface area (Å²) in [7, 11) is 0. The van der Waals surface area contributed by atoms with Crippen molar-refractivity contribution in [3.63, 3.8) is 0 Å². The lowest BCUT2D eigenvalue weighted by atomic mass is 10.1. The van der Waals surface area contributed by atoms with Crippen LogP contribution in [0.15, 0.2) is 12.4 Å². The Morgan fingerprint density at radius 1 is 0.447 bits per heavy atom. The van der Waals surface area contributed by atoms with Crippen molar-refractivity contribution in [2.75, 3.05) is 0 Å². The van der Waals surface area contributed by atoms with Gasteiger partial charge in [-0.1, -0.05) is 162 Å². The SMILES string of the molecule is CCCCCCCCCCCCCCn1cc[n+](CCCCCCC)c1CCCCCCCCCCCC. The number of aryl methyl sites for hydroxylation is 2. The molecular weight excluding hydrogens is 460 g/mol. The summed E-state index contributed by atoms with van der Waals surface area (Å²) in [5, 5.41) is 0. The van der Waals surface area contributed by atoms with Gasteiger partial charge in [0, 0.05) is 6.42 Å². The highest BCUT2D eigenvalue weighted by Crippen LogP contribution is 2.15. The van der Waals surface area contributed by atoms with E-state index in [0.29, 0.717) is 0 Å². The molecule has 0 aliphatic rings.